The molecular weight excluding hydrogens is 467 g/mol. The fourth-order valence-corrected chi connectivity index (χ4v) is 5.52. The van der Waals surface area contributed by atoms with Crippen LogP contribution in [0, 0.1) is 5.82 Å². The highest BCUT2D eigenvalue weighted by Gasteiger charge is 2.25. The Kier molecular flexibility index (Phi) is 6.40. The minimum absolute atomic E-state index is 0.00611. The van der Waals surface area contributed by atoms with Gasteiger partial charge in [0.05, 0.1) is 17.8 Å². The van der Waals surface area contributed by atoms with Crippen LogP contribution >= 0.6 is 11.6 Å². The van der Waals surface area contributed by atoms with E-state index in [1.165, 1.54) is 31.5 Å². The monoisotopic (exact) mass is 486 g/mol. The fourth-order valence-electron chi connectivity index (χ4n) is 3.59. The van der Waals surface area contributed by atoms with Crippen molar-refractivity contribution in [1.29, 1.82) is 0 Å². The summed E-state index contributed by atoms with van der Waals surface area (Å²) in [4.78, 5) is 12.7. The zero-order valence-electron chi connectivity index (χ0n) is 17.6. The smallest absolute Gasteiger partial charge is 0.244 e. The number of sulfone groups is 1. The number of anilines is 1. The molecule has 3 aromatic carbocycles. The van der Waals surface area contributed by atoms with E-state index >= 15 is 0 Å². The fraction of sp³-hybridized carbons (Fsp3) is 0.125. The van der Waals surface area contributed by atoms with Crippen molar-refractivity contribution < 1.29 is 22.3 Å². The van der Waals surface area contributed by atoms with Gasteiger partial charge in [-0.25, -0.2) is 12.8 Å². The molecule has 0 unspecified atom stereocenters. The largest absolute Gasteiger partial charge is 0.497 e. The first-order valence-electron chi connectivity index (χ1n) is 9.96. The molecule has 1 heterocycles. The van der Waals surface area contributed by atoms with Crippen molar-refractivity contribution in [3.05, 3.63) is 89.3 Å². The van der Waals surface area contributed by atoms with Gasteiger partial charge in [-0.2, -0.15) is 0 Å². The number of rotatable bonds is 7. The SMILES string of the molecule is COc1cccc(NC(=O)Cn2cc(S(=O)(=O)Cc3c(F)cccc3Cl)c3ccccc32)c1. The number of ether oxygens (including phenoxy) is 1. The molecule has 0 saturated carbocycles. The van der Waals surface area contributed by atoms with E-state index in [-0.39, 0.29) is 27.9 Å². The van der Waals surface area contributed by atoms with E-state index in [0.717, 1.165) is 0 Å². The Hall–Kier alpha value is -3.36. The van der Waals surface area contributed by atoms with Crippen molar-refractivity contribution in [1.82, 2.24) is 4.57 Å². The van der Waals surface area contributed by atoms with Gasteiger partial charge in [0.2, 0.25) is 5.91 Å². The Morgan fingerprint density at radius 2 is 1.85 bits per heavy atom. The first-order chi connectivity index (χ1) is 15.8. The second-order valence-electron chi connectivity index (χ2n) is 7.38. The highest BCUT2D eigenvalue weighted by molar-refractivity contribution is 7.90. The van der Waals surface area contributed by atoms with Gasteiger partial charge in [-0.1, -0.05) is 41.9 Å². The number of nitrogens with zero attached hydrogens (tertiary/aromatic N) is 1. The summed E-state index contributed by atoms with van der Waals surface area (Å²) in [5.74, 6) is -1.03. The number of amides is 1. The number of para-hydroxylation sites is 1. The average molecular weight is 487 g/mol. The molecule has 4 rings (SSSR count). The topological polar surface area (TPSA) is 77.4 Å². The molecule has 1 amide bonds. The molecule has 33 heavy (non-hydrogen) atoms. The molecule has 0 saturated heterocycles. The van der Waals surface area contributed by atoms with Gasteiger partial charge in [0.25, 0.3) is 0 Å². The molecular formula is C24H20ClFN2O4S. The third-order valence-corrected chi connectivity index (χ3v) is 7.17. The molecule has 170 valence electrons. The maximum Gasteiger partial charge on any atom is 0.244 e. The van der Waals surface area contributed by atoms with Crippen molar-refractivity contribution in [3.8, 4) is 5.75 Å². The summed E-state index contributed by atoms with van der Waals surface area (Å²) in [6.45, 7) is -0.117. The average Bonchev–Trinajstić information content (AvgIpc) is 3.16. The van der Waals surface area contributed by atoms with Crippen LogP contribution in [-0.2, 0) is 26.9 Å². The summed E-state index contributed by atoms with van der Waals surface area (Å²) in [6, 6.07) is 17.8. The van der Waals surface area contributed by atoms with Gasteiger partial charge in [0.15, 0.2) is 9.84 Å². The number of methoxy groups -OCH3 is 1. The standard InChI is InChI=1S/C24H20ClFN2O4S/c1-32-17-7-4-6-16(12-17)27-24(29)14-28-13-23(18-8-2-3-11-22(18)28)33(30,31)15-19-20(25)9-5-10-21(19)26/h2-13H,14-15H2,1H3,(H,27,29). The number of halogens is 2. The number of fused-ring (bicyclic) bond motifs is 1. The maximum atomic E-state index is 14.2. The van der Waals surface area contributed by atoms with Crippen molar-refractivity contribution >= 4 is 43.9 Å². The molecule has 0 spiro atoms. The van der Waals surface area contributed by atoms with E-state index in [1.54, 1.807) is 53.1 Å². The lowest BCUT2D eigenvalue weighted by Gasteiger charge is -2.08. The Labute approximate surface area is 195 Å². The van der Waals surface area contributed by atoms with Crippen LogP contribution < -0.4 is 10.1 Å². The van der Waals surface area contributed by atoms with Gasteiger partial charge in [-0.05, 0) is 30.3 Å². The van der Waals surface area contributed by atoms with Crippen molar-refractivity contribution in [3.63, 3.8) is 0 Å². The zero-order valence-corrected chi connectivity index (χ0v) is 19.2. The quantitative estimate of drug-likeness (QED) is 0.396. The number of carbonyl (C=O) groups is 1. The number of hydrogen-bond donors (Lipinski definition) is 1. The summed E-state index contributed by atoms with van der Waals surface area (Å²) < 4.78 is 47.4. The normalized spacial score (nSPS) is 11.5. The molecule has 0 bridgehead atoms. The van der Waals surface area contributed by atoms with Crippen LogP contribution in [0.3, 0.4) is 0 Å². The van der Waals surface area contributed by atoms with Gasteiger partial charge in [0, 0.05) is 39.4 Å². The van der Waals surface area contributed by atoms with Crippen molar-refractivity contribution in [2.24, 2.45) is 0 Å². The molecule has 6 nitrogen and oxygen atoms in total. The summed E-state index contributed by atoms with van der Waals surface area (Å²) in [5.41, 5.74) is 1.03. The molecule has 0 aliphatic heterocycles. The van der Waals surface area contributed by atoms with E-state index in [2.05, 4.69) is 5.32 Å². The van der Waals surface area contributed by atoms with Gasteiger partial charge in [-0.3, -0.25) is 4.79 Å². The summed E-state index contributed by atoms with van der Waals surface area (Å²) in [7, 11) is -2.43. The van der Waals surface area contributed by atoms with Gasteiger partial charge < -0.3 is 14.6 Å². The first kappa shape index (κ1) is 22.8. The molecule has 4 aromatic rings. The third kappa shape index (κ3) is 4.86. The van der Waals surface area contributed by atoms with E-state index in [0.29, 0.717) is 22.3 Å². The van der Waals surface area contributed by atoms with Crippen LogP contribution in [0.2, 0.25) is 5.02 Å². The lowest BCUT2D eigenvalue weighted by Crippen LogP contribution is -2.18. The van der Waals surface area contributed by atoms with Crippen LogP contribution in [0.4, 0.5) is 10.1 Å². The minimum atomic E-state index is -3.96. The zero-order chi connectivity index (χ0) is 23.6. The van der Waals surface area contributed by atoms with E-state index in [4.69, 9.17) is 16.3 Å². The van der Waals surface area contributed by atoms with Crippen LogP contribution in [0.15, 0.2) is 77.8 Å². The number of hydrogen-bond acceptors (Lipinski definition) is 4. The first-order valence-corrected chi connectivity index (χ1v) is 12.0. The summed E-state index contributed by atoms with van der Waals surface area (Å²) in [5, 5.41) is 3.26. The highest BCUT2D eigenvalue weighted by Crippen LogP contribution is 2.30. The number of nitrogens with one attached hydrogen (secondary N) is 1. The number of aromatic nitrogens is 1. The molecule has 0 aliphatic rings. The van der Waals surface area contributed by atoms with Crippen molar-refractivity contribution in [2.45, 2.75) is 17.2 Å². The number of carbonyl (C=O) groups excluding carboxylic acids is 1. The minimum Gasteiger partial charge on any atom is -0.497 e. The van der Waals surface area contributed by atoms with Gasteiger partial charge >= 0.3 is 0 Å². The predicted octanol–water partition coefficient (Wildman–Crippen LogP) is 5.06. The maximum absolute atomic E-state index is 14.2. The molecule has 1 aromatic heterocycles. The highest BCUT2D eigenvalue weighted by atomic mass is 35.5. The molecule has 9 heteroatoms. The van der Waals surface area contributed by atoms with E-state index in [9.17, 15) is 17.6 Å². The molecule has 0 aliphatic carbocycles. The third-order valence-electron chi connectivity index (χ3n) is 5.15. The van der Waals surface area contributed by atoms with E-state index in [1.807, 2.05) is 0 Å². The van der Waals surface area contributed by atoms with Crippen LogP contribution in [0.25, 0.3) is 10.9 Å². The van der Waals surface area contributed by atoms with Gasteiger partial charge in [-0.15, -0.1) is 0 Å². The van der Waals surface area contributed by atoms with Gasteiger partial charge in [0.1, 0.15) is 18.1 Å². The molecule has 1 N–H and O–H groups in total. The predicted molar refractivity (Wildman–Crippen MR) is 126 cm³/mol. The Morgan fingerprint density at radius 3 is 2.61 bits per heavy atom. The molecule has 0 atom stereocenters. The van der Waals surface area contributed by atoms with E-state index < -0.39 is 21.4 Å². The Balaban J connectivity index is 1.65. The van der Waals surface area contributed by atoms with Crippen LogP contribution in [-0.4, -0.2) is 26.0 Å². The number of benzene rings is 3. The summed E-state index contributed by atoms with van der Waals surface area (Å²) in [6.07, 6.45) is 1.40. The second-order valence-corrected chi connectivity index (χ2v) is 9.74. The Bertz CT molecular complexity index is 1430. The van der Waals surface area contributed by atoms with Crippen molar-refractivity contribution in [2.75, 3.05) is 12.4 Å². The lowest BCUT2D eigenvalue weighted by molar-refractivity contribution is -0.116. The summed E-state index contributed by atoms with van der Waals surface area (Å²) >= 11 is 6.04. The molecule has 0 radical (unpaired) electrons. The second kappa shape index (κ2) is 9.25. The van der Waals surface area contributed by atoms with Crippen LogP contribution in [0.5, 0.6) is 5.75 Å². The lowest BCUT2D eigenvalue weighted by atomic mass is 10.2. The Morgan fingerprint density at radius 1 is 1.09 bits per heavy atom. The van der Waals surface area contributed by atoms with Crippen LogP contribution in [0.1, 0.15) is 5.56 Å². The molecule has 0 fully saturated rings.